The first-order valence-electron chi connectivity index (χ1n) is 10.4. The molecular formula is C24H28N2O3. The normalized spacial score (nSPS) is 18.3. The molecule has 2 aromatic carbocycles. The smallest absolute Gasteiger partial charge is 0.255 e. The average Bonchev–Trinajstić information content (AvgIpc) is 3.22. The van der Waals surface area contributed by atoms with E-state index < -0.39 is 0 Å². The van der Waals surface area contributed by atoms with Crippen LogP contribution in [-0.2, 0) is 6.42 Å². The molecule has 0 bridgehead atoms. The van der Waals surface area contributed by atoms with Crippen molar-refractivity contribution in [1.82, 2.24) is 4.90 Å². The molecule has 1 saturated heterocycles. The van der Waals surface area contributed by atoms with E-state index in [2.05, 4.69) is 22.3 Å². The summed E-state index contributed by atoms with van der Waals surface area (Å²) < 4.78 is 5.31. The molecule has 1 fully saturated rings. The molecule has 4 rings (SSSR count). The number of hydrogen-bond acceptors (Lipinski definition) is 4. The molecule has 152 valence electrons. The first kappa shape index (κ1) is 19.6. The highest BCUT2D eigenvalue weighted by molar-refractivity contribution is 6.07. The Morgan fingerprint density at radius 2 is 1.97 bits per heavy atom. The van der Waals surface area contributed by atoms with Gasteiger partial charge in [0.2, 0.25) is 0 Å². The van der Waals surface area contributed by atoms with Crippen molar-refractivity contribution in [3.05, 3.63) is 58.7 Å². The maximum atomic E-state index is 12.9. The van der Waals surface area contributed by atoms with Gasteiger partial charge in [0.05, 0.1) is 12.7 Å². The van der Waals surface area contributed by atoms with Crippen LogP contribution in [0.25, 0.3) is 0 Å². The Kier molecular flexibility index (Phi) is 5.41. The minimum absolute atomic E-state index is 0.0356. The van der Waals surface area contributed by atoms with E-state index >= 15 is 0 Å². The van der Waals surface area contributed by atoms with Crippen LogP contribution in [0.15, 0.2) is 36.4 Å². The number of amides is 1. The predicted octanol–water partition coefficient (Wildman–Crippen LogP) is 4.48. The Labute approximate surface area is 172 Å². The number of methoxy groups -OCH3 is 1. The van der Waals surface area contributed by atoms with Gasteiger partial charge in [-0.2, -0.15) is 0 Å². The Bertz CT molecular complexity index is 951. The molecular weight excluding hydrogens is 364 g/mol. The van der Waals surface area contributed by atoms with Crippen molar-refractivity contribution in [2.45, 2.75) is 39.2 Å². The van der Waals surface area contributed by atoms with E-state index in [0.29, 0.717) is 22.9 Å². The molecule has 5 nitrogen and oxygen atoms in total. The maximum Gasteiger partial charge on any atom is 0.255 e. The number of fused-ring (bicyclic) bond motifs is 3. The average molecular weight is 392 g/mol. The SMILES string of the molecule is COc1ccc(C(=O)Nc2ccc3c(c2)C2CCCN2CC3)cc1C(=O)C(C)C. The van der Waals surface area contributed by atoms with Crippen LogP contribution in [0, 0.1) is 5.92 Å². The fraction of sp³-hybridized carbons (Fsp3) is 0.417. The third-order valence-corrected chi connectivity index (χ3v) is 6.05. The molecule has 2 heterocycles. The molecule has 0 aromatic heterocycles. The summed E-state index contributed by atoms with van der Waals surface area (Å²) in [5.74, 6) is 0.0728. The van der Waals surface area contributed by atoms with Gasteiger partial charge in [-0.3, -0.25) is 14.5 Å². The molecule has 2 aliphatic rings. The second kappa shape index (κ2) is 7.99. The van der Waals surface area contributed by atoms with Gasteiger partial charge in [0, 0.05) is 29.8 Å². The topological polar surface area (TPSA) is 58.6 Å². The highest BCUT2D eigenvalue weighted by atomic mass is 16.5. The molecule has 0 radical (unpaired) electrons. The van der Waals surface area contributed by atoms with Crippen LogP contribution in [-0.4, -0.2) is 36.8 Å². The zero-order chi connectivity index (χ0) is 20.5. The first-order chi connectivity index (χ1) is 14.0. The van der Waals surface area contributed by atoms with E-state index in [4.69, 9.17) is 4.74 Å². The quantitative estimate of drug-likeness (QED) is 0.762. The van der Waals surface area contributed by atoms with Crippen LogP contribution in [0.1, 0.15) is 64.6 Å². The van der Waals surface area contributed by atoms with Gasteiger partial charge >= 0.3 is 0 Å². The summed E-state index contributed by atoms with van der Waals surface area (Å²) in [7, 11) is 1.53. The third-order valence-electron chi connectivity index (χ3n) is 6.05. The number of rotatable bonds is 5. The Morgan fingerprint density at radius 3 is 2.72 bits per heavy atom. The van der Waals surface area contributed by atoms with Crippen LogP contribution in [0.3, 0.4) is 0 Å². The number of ether oxygens (including phenoxy) is 1. The molecule has 5 heteroatoms. The van der Waals surface area contributed by atoms with E-state index in [1.54, 1.807) is 18.2 Å². The Morgan fingerprint density at radius 1 is 1.14 bits per heavy atom. The van der Waals surface area contributed by atoms with Gasteiger partial charge in [-0.15, -0.1) is 0 Å². The monoisotopic (exact) mass is 392 g/mol. The molecule has 1 unspecified atom stereocenters. The summed E-state index contributed by atoms with van der Waals surface area (Å²) in [6, 6.07) is 11.7. The van der Waals surface area contributed by atoms with Crippen LogP contribution >= 0.6 is 0 Å². The number of anilines is 1. The van der Waals surface area contributed by atoms with Gasteiger partial charge in [0.1, 0.15) is 5.75 Å². The van der Waals surface area contributed by atoms with Crippen molar-refractivity contribution in [3.63, 3.8) is 0 Å². The molecule has 1 N–H and O–H groups in total. The van der Waals surface area contributed by atoms with E-state index in [0.717, 1.165) is 18.7 Å². The van der Waals surface area contributed by atoms with Crippen LogP contribution in [0.2, 0.25) is 0 Å². The van der Waals surface area contributed by atoms with Crippen LogP contribution < -0.4 is 10.1 Å². The van der Waals surface area contributed by atoms with Gasteiger partial charge in [-0.1, -0.05) is 19.9 Å². The summed E-state index contributed by atoms with van der Waals surface area (Å²) in [5.41, 5.74) is 4.43. The van der Waals surface area contributed by atoms with Crippen molar-refractivity contribution in [2.24, 2.45) is 5.92 Å². The Balaban J connectivity index is 1.58. The maximum absolute atomic E-state index is 12.9. The molecule has 2 aromatic rings. The van der Waals surface area contributed by atoms with E-state index in [1.165, 1.54) is 37.6 Å². The molecule has 0 aliphatic carbocycles. The Hall–Kier alpha value is -2.66. The summed E-state index contributed by atoms with van der Waals surface area (Å²) in [5, 5.41) is 3.01. The first-order valence-corrected chi connectivity index (χ1v) is 10.4. The van der Waals surface area contributed by atoms with Crippen molar-refractivity contribution < 1.29 is 14.3 Å². The lowest BCUT2D eigenvalue weighted by atomic mass is 9.92. The zero-order valence-corrected chi connectivity index (χ0v) is 17.3. The molecule has 1 amide bonds. The number of carbonyl (C=O) groups excluding carboxylic acids is 2. The fourth-order valence-electron chi connectivity index (χ4n) is 4.48. The molecule has 2 aliphatic heterocycles. The number of carbonyl (C=O) groups is 2. The van der Waals surface area contributed by atoms with Crippen molar-refractivity contribution in [2.75, 3.05) is 25.5 Å². The largest absolute Gasteiger partial charge is 0.496 e. The van der Waals surface area contributed by atoms with Gasteiger partial charge < -0.3 is 10.1 Å². The second-order valence-electron chi connectivity index (χ2n) is 8.25. The lowest BCUT2D eigenvalue weighted by molar-refractivity contribution is 0.0936. The number of nitrogens with one attached hydrogen (secondary N) is 1. The molecule has 0 saturated carbocycles. The van der Waals surface area contributed by atoms with Crippen molar-refractivity contribution in [3.8, 4) is 5.75 Å². The number of Topliss-reactive ketones (excluding diaryl/α,β-unsaturated/α-hetero) is 1. The highest BCUT2D eigenvalue weighted by Crippen LogP contribution is 2.38. The summed E-state index contributed by atoms with van der Waals surface area (Å²) in [4.78, 5) is 27.9. The van der Waals surface area contributed by atoms with Gasteiger partial charge in [-0.05, 0) is 67.3 Å². The summed E-state index contributed by atoms with van der Waals surface area (Å²) >= 11 is 0. The predicted molar refractivity (Wildman–Crippen MR) is 114 cm³/mol. The number of ketones is 1. The molecule has 29 heavy (non-hydrogen) atoms. The lowest BCUT2D eigenvalue weighted by Gasteiger charge is -2.32. The van der Waals surface area contributed by atoms with Crippen LogP contribution in [0.5, 0.6) is 5.75 Å². The number of nitrogens with zero attached hydrogens (tertiary/aromatic N) is 1. The van der Waals surface area contributed by atoms with Gasteiger partial charge in [-0.25, -0.2) is 0 Å². The highest BCUT2D eigenvalue weighted by Gasteiger charge is 2.31. The zero-order valence-electron chi connectivity index (χ0n) is 17.3. The lowest BCUT2D eigenvalue weighted by Crippen LogP contribution is -2.31. The van der Waals surface area contributed by atoms with Gasteiger partial charge in [0.15, 0.2) is 5.78 Å². The second-order valence-corrected chi connectivity index (χ2v) is 8.25. The standard InChI is InChI=1S/C24H28N2O3/c1-15(2)23(27)20-13-17(7-9-22(20)29-3)24(28)25-18-8-6-16-10-12-26-11-4-5-21(26)19(16)14-18/h6-9,13-15,21H,4-5,10-12H2,1-3H3,(H,25,28). The van der Waals surface area contributed by atoms with Crippen molar-refractivity contribution in [1.29, 1.82) is 0 Å². The van der Waals surface area contributed by atoms with Crippen LogP contribution in [0.4, 0.5) is 5.69 Å². The summed E-state index contributed by atoms with van der Waals surface area (Å²) in [6.45, 7) is 5.98. The van der Waals surface area contributed by atoms with E-state index in [-0.39, 0.29) is 17.6 Å². The molecule has 0 spiro atoms. The van der Waals surface area contributed by atoms with E-state index in [1.807, 2.05) is 19.9 Å². The molecule has 1 atom stereocenters. The third kappa shape index (κ3) is 3.79. The number of benzene rings is 2. The van der Waals surface area contributed by atoms with E-state index in [9.17, 15) is 9.59 Å². The fourth-order valence-corrected chi connectivity index (χ4v) is 4.48. The number of hydrogen-bond donors (Lipinski definition) is 1. The minimum atomic E-state index is -0.218. The minimum Gasteiger partial charge on any atom is -0.496 e. The van der Waals surface area contributed by atoms with Crippen molar-refractivity contribution >= 4 is 17.4 Å². The summed E-state index contributed by atoms with van der Waals surface area (Å²) in [6.07, 6.45) is 3.49. The van der Waals surface area contributed by atoms with Gasteiger partial charge in [0.25, 0.3) is 5.91 Å².